The third kappa shape index (κ3) is 4.85. The molecule has 0 aliphatic carbocycles. The molecule has 0 atom stereocenters. The van der Waals surface area contributed by atoms with Gasteiger partial charge in [0.05, 0.1) is 4.90 Å². The van der Waals surface area contributed by atoms with Crippen LogP contribution in [0.5, 0.6) is 5.75 Å². The van der Waals surface area contributed by atoms with Crippen LogP contribution in [-0.4, -0.2) is 38.3 Å². The lowest BCUT2D eigenvalue weighted by molar-refractivity contribution is -0.118. The van der Waals surface area contributed by atoms with Crippen LogP contribution in [0.1, 0.15) is 19.3 Å². The molecule has 1 aliphatic heterocycles. The molecule has 6 nitrogen and oxygen atoms in total. The number of piperidine rings is 1. The van der Waals surface area contributed by atoms with Crippen molar-refractivity contribution in [3.8, 4) is 5.75 Å². The molecular formula is C19H20F2N2O4S. The summed E-state index contributed by atoms with van der Waals surface area (Å²) in [6, 6.07) is 8.60. The van der Waals surface area contributed by atoms with Crippen molar-refractivity contribution in [3.63, 3.8) is 0 Å². The molecule has 150 valence electrons. The number of ether oxygens (including phenoxy) is 1. The molecule has 2 aromatic carbocycles. The molecule has 1 N–H and O–H groups in total. The number of benzene rings is 2. The number of carbonyl (C=O) groups is 1. The molecule has 0 aromatic heterocycles. The number of amides is 1. The quantitative estimate of drug-likeness (QED) is 0.794. The van der Waals surface area contributed by atoms with Gasteiger partial charge in [-0.15, -0.1) is 0 Å². The van der Waals surface area contributed by atoms with Gasteiger partial charge in [-0.2, -0.15) is 4.31 Å². The van der Waals surface area contributed by atoms with E-state index in [1.807, 2.05) is 0 Å². The van der Waals surface area contributed by atoms with Gasteiger partial charge in [-0.1, -0.05) is 6.42 Å². The average Bonchev–Trinajstić information content (AvgIpc) is 2.68. The molecule has 0 bridgehead atoms. The largest absolute Gasteiger partial charge is 0.481 e. The van der Waals surface area contributed by atoms with E-state index in [4.69, 9.17) is 4.74 Å². The van der Waals surface area contributed by atoms with E-state index in [0.29, 0.717) is 24.8 Å². The Morgan fingerprint density at radius 2 is 1.71 bits per heavy atom. The Bertz CT molecular complexity index is 943. The highest BCUT2D eigenvalue weighted by Crippen LogP contribution is 2.22. The van der Waals surface area contributed by atoms with Crippen molar-refractivity contribution >= 4 is 21.6 Å². The van der Waals surface area contributed by atoms with Crippen LogP contribution >= 0.6 is 0 Å². The van der Waals surface area contributed by atoms with E-state index >= 15 is 0 Å². The van der Waals surface area contributed by atoms with Crippen LogP contribution in [0.4, 0.5) is 14.5 Å². The van der Waals surface area contributed by atoms with Crippen LogP contribution in [0.3, 0.4) is 0 Å². The minimum Gasteiger partial charge on any atom is -0.481 e. The molecule has 1 amide bonds. The van der Waals surface area contributed by atoms with Gasteiger partial charge >= 0.3 is 0 Å². The lowest BCUT2D eigenvalue weighted by Gasteiger charge is -2.25. The van der Waals surface area contributed by atoms with E-state index in [1.165, 1.54) is 28.6 Å². The molecule has 0 unspecified atom stereocenters. The van der Waals surface area contributed by atoms with Crippen LogP contribution in [-0.2, 0) is 14.8 Å². The van der Waals surface area contributed by atoms with Gasteiger partial charge in [-0.3, -0.25) is 4.79 Å². The summed E-state index contributed by atoms with van der Waals surface area (Å²) in [7, 11) is -3.54. The number of hydrogen-bond donors (Lipinski definition) is 1. The molecule has 1 fully saturated rings. The second-order valence-corrected chi connectivity index (χ2v) is 8.34. The summed E-state index contributed by atoms with van der Waals surface area (Å²) in [6.45, 7) is 0.548. The Kier molecular flexibility index (Phi) is 6.25. The lowest BCUT2D eigenvalue weighted by Crippen LogP contribution is -2.35. The molecule has 0 saturated carbocycles. The number of hydrogen-bond acceptors (Lipinski definition) is 4. The third-order valence-corrected chi connectivity index (χ3v) is 6.26. The molecule has 9 heteroatoms. The number of rotatable bonds is 6. The van der Waals surface area contributed by atoms with E-state index < -0.39 is 34.2 Å². The van der Waals surface area contributed by atoms with Crippen molar-refractivity contribution in [1.29, 1.82) is 0 Å². The van der Waals surface area contributed by atoms with Gasteiger partial charge in [0.1, 0.15) is 5.82 Å². The van der Waals surface area contributed by atoms with Gasteiger partial charge in [0, 0.05) is 24.8 Å². The number of anilines is 1. The fraction of sp³-hybridized carbons (Fsp3) is 0.316. The van der Waals surface area contributed by atoms with Crippen molar-refractivity contribution in [2.45, 2.75) is 24.2 Å². The lowest BCUT2D eigenvalue weighted by atomic mass is 10.2. The molecule has 1 heterocycles. The molecule has 3 rings (SSSR count). The van der Waals surface area contributed by atoms with E-state index in [-0.39, 0.29) is 10.6 Å². The van der Waals surface area contributed by atoms with Gasteiger partial charge in [0.15, 0.2) is 18.2 Å². The second kappa shape index (κ2) is 8.66. The Labute approximate surface area is 162 Å². The predicted octanol–water partition coefficient (Wildman–Crippen LogP) is 3.16. The molecular weight excluding hydrogens is 390 g/mol. The summed E-state index contributed by atoms with van der Waals surface area (Å²) in [4.78, 5) is 12.1. The van der Waals surface area contributed by atoms with E-state index in [1.54, 1.807) is 0 Å². The zero-order valence-electron chi connectivity index (χ0n) is 15.0. The summed E-state index contributed by atoms with van der Waals surface area (Å²) in [5.74, 6) is -2.44. The van der Waals surface area contributed by atoms with Gasteiger partial charge in [-0.05, 0) is 49.2 Å². The maximum atomic E-state index is 13.5. The normalized spacial score (nSPS) is 15.2. The molecule has 1 aliphatic rings. The zero-order chi connectivity index (χ0) is 20.1. The van der Waals surface area contributed by atoms with Crippen molar-refractivity contribution in [2.24, 2.45) is 0 Å². The molecule has 28 heavy (non-hydrogen) atoms. The average molecular weight is 410 g/mol. The van der Waals surface area contributed by atoms with Gasteiger partial charge in [0.25, 0.3) is 5.91 Å². The first-order chi connectivity index (χ1) is 13.4. The fourth-order valence-electron chi connectivity index (χ4n) is 2.90. The van der Waals surface area contributed by atoms with Crippen molar-refractivity contribution in [3.05, 3.63) is 54.1 Å². The zero-order valence-corrected chi connectivity index (χ0v) is 15.8. The monoisotopic (exact) mass is 410 g/mol. The molecule has 2 aromatic rings. The first-order valence-corrected chi connectivity index (χ1v) is 10.3. The maximum absolute atomic E-state index is 13.5. The van der Waals surface area contributed by atoms with Crippen LogP contribution in [0.25, 0.3) is 0 Å². The van der Waals surface area contributed by atoms with Crippen LogP contribution < -0.4 is 10.1 Å². The Morgan fingerprint density at radius 3 is 2.36 bits per heavy atom. The van der Waals surface area contributed by atoms with Crippen molar-refractivity contribution < 1.29 is 26.7 Å². The van der Waals surface area contributed by atoms with Crippen molar-refractivity contribution in [2.75, 3.05) is 25.0 Å². The minimum absolute atomic E-state index is 0.164. The highest BCUT2D eigenvalue weighted by molar-refractivity contribution is 7.89. The number of halogens is 2. The highest BCUT2D eigenvalue weighted by Gasteiger charge is 2.25. The second-order valence-electron chi connectivity index (χ2n) is 6.40. The molecule has 1 saturated heterocycles. The van der Waals surface area contributed by atoms with Gasteiger partial charge < -0.3 is 10.1 Å². The van der Waals surface area contributed by atoms with E-state index in [0.717, 1.165) is 31.4 Å². The molecule has 0 spiro atoms. The van der Waals surface area contributed by atoms with Crippen molar-refractivity contribution in [1.82, 2.24) is 4.31 Å². The number of nitrogens with one attached hydrogen (secondary N) is 1. The van der Waals surface area contributed by atoms with Gasteiger partial charge in [-0.25, -0.2) is 17.2 Å². The number of nitrogens with zero attached hydrogens (tertiary/aromatic N) is 1. The molecule has 0 radical (unpaired) electrons. The summed E-state index contributed by atoms with van der Waals surface area (Å²) >= 11 is 0. The maximum Gasteiger partial charge on any atom is 0.262 e. The summed E-state index contributed by atoms with van der Waals surface area (Å²) in [5.41, 5.74) is 0.380. The Morgan fingerprint density at radius 1 is 1.04 bits per heavy atom. The number of sulfonamides is 1. The van der Waals surface area contributed by atoms with E-state index in [9.17, 15) is 22.0 Å². The van der Waals surface area contributed by atoms with Crippen LogP contribution in [0, 0.1) is 11.6 Å². The topological polar surface area (TPSA) is 75.7 Å². The first-order valence-electron chi connectivity index (χ1n) is 8.84. The predicted molar refractivity (Wildman–Crippen MR) is 99.5 cm³/mol. The first kappa shape index (κ1) is 20.2. The standard InChI is InChI=1S/C19H20F2N2O4S/c20-14-4-9-18(17(21)12-14)27-13-19(24)22-15-5-7-16(8-6-15)28(25,26)23-10-2-1-3-11-23/h4-9,12H,1-3,10-11,13H2,(H,22,24). The van der Waals surface area contributed by atoms with Crippen LogP contribution in [0.15, 0.2) is 47.4 Å². The highest BCUT2D eigenvalue weighted by atomic mass is 32.2. The summed E-state index contributed by atoms with van der Waals surface area (Å²) in [6.07, 6.45) is 2.73. The Hall–Kier alpha value is -2.52. The smallest absolute Gasteiger partial charge is 0.262 e. The number of carbonyl (C=O) groups excluding carboxylic acids is 1. The van der Waals surface area contributed by atoms with Gasteiger partial charge in [0.2, 0.25) is 10.0 Å². The summed E-state index contributed by atoms with van der Waals surface area (Å²) in [5, 5.41) is 2.53. The van der Waals surface area contributed by atoms with Crippen LogP contribution in [0.2, 0.25) is 0 Å². The van der Waals surface area contributed by atoms with E-state index in [2.05, 4.69) is 5.32 Å². The third-order valence-electron chi connectivity index (χ3n) is 4.34. The Balaban J connectivity index is 1.58. The minimum atomic E-state index is -3.54. The fourth-order valence-corrected chi connectivity index (χ4v) is 4.41. The SMILES string of the molecule is O=C(COc1ccc(F)cc1F)Nc1ccc(S(=O)(=O)N2CCCCC2)cc1. The summed E-state index contributed by atoms with van der Waals surface area (Å²) < 4.78 is 58.0.